The van der Waals surface area contributed by atoms with Crippen molar-refractivity contribution in [1.82, 2.24) is 14.3 Å². The summed E-state index contributed by atoms with van der Waals surface area (Å²) < 4.78 is 14.3. The van der Waals surface area contributed by atoms with Gasteiger partial charge in [0.2, 0.25) is 6.29 Å². The van der Waals surface area contributed by atoms with Crippen molar-refractivity contribution in [2.75, 3.05) is 30.8 Å². The average molecular weight is 555 g/mol. The van der Waals surface area contributed by atoms with Crippen LogP contribution in [-0.2, 0) is 15.9 Å². The molecule has 2 aromatic carbocycles. The molecule has 3 heterocycles. The molecule has 41 heavy (non-hydrogen) atoms. The summed E-state index contributed by atoms with van der Waals surface area (Å²) in [4.78, 5) is 24.4. The molecule has 212 valence electrons. The summed E-state index contributed by atoms with van der Waals surface area (Å²) in [5.41, 5.74) is 13.4. The molecule has 0 bridgehead atoms. The third-order valence-electron chi connectivity index (χ3n) is 6.28. The van der Waals surface area contributed by atoms with Crippen LogP contribution >= 0.6 is 0 Å². The second-order valence-corrected chi connectivity index (χ2v) is 8.93. The molecule has 1 amide bonds. The highest BCUT2D eigenvalue weighted by Crippen LogP contribution is 2.23. The first-order chi connectivity index (χ1) is 19.9. The van der Waals surface area contributed by atoms with Gasteiger partial charge >= 0.3 is 0 Å². The van der Waals surface area contributed by atoms with Gasteiger partial charge in [-0.3, -0.25) is 14.2 Å². The van der Waals surface area contributed by atoms with Crippen LogP contribution in [0, 0.1) is 11.8 Å². The number of anilines is 2. The first-order valence-electron chi connectivity index (χ1n) is 13.5. The predicted molar refractivity (Wildman–Crippen MR) is 162 cm³/mol. The molecule has 0 unspecified atom stereocenters. The Balaban J connectivity index is 0.000000247. The fourth-order valence-electron chi connectivity index (χ4n) is 4.49. The Kier molecular flexibility index (Phi) is 9.58. The molecule has 0 atom stereocenters. The zero-order valence-corrected chi connectivity index (χ0v) is 23.4. The molecule has 5 N–H and O–H groups in total. The molecular formula is C31H34N6O4. The molecule has 0 radical (unpaired) electrons. The number of nitrogens with two attached hydrogens (primary N) is 2. The lowest BCUT2D eigenvalue weighted by Crippen LogP contribution is -2.22. The maximum absolute atomic E-state index is 13.5. The number of fused-ring (bicyclic) bond motifs is 2. The summed E-state index contributed by atoms with van der Waals surface area (Å²) in [6.45, 7) is 7.52. The van der Waals surface area contributed by atoms with Gasteiger partial charge in [-0.2, -0.15) is 0 Å². The number of benzene rings is 2. The Bertz CT molecular complexity index is 1670. The molecule has 0 spiro atoms. The lowest BCUT2D eigenvalue weighted by Gasteiger charge is -2.14. The molecule has 4 aromatic rings. The highest BCUT2D eigenvalue weighted by molar-refractivity contribution is 6.02. The first-order valence-corrected chi connectivity index (χ1v) is 13.5. The number of hydrogen-bond donors (Lipinski definition) is 3. The number of rotatable bonds is 7. The molecule has 2 aromatic heterocycles. The van der Waals surface area contributed by atoms with E-state index in [2.05, 4.69) is 35.2 Å². The Morgan fingerprint density at radius 1 is 1.10 bits per heavy atom. The van der Waals surface area contributed by atoms with Crippen LogP contribution in [0.4, 0.5) is 11.6 Å². The van der Waals surface area contributed by atoms with Gasteiger partial charge in [0.15, 0.2) is 5.82 Å². The summed E-state index contributed by atoms with van der Waals surface area (Å²) in [6, 6.07) is 17.5. The van der Waals surface area contributed by atoms with Crippen LogP contribution in [0.25, 0.3) is 22.7 Å². The molecule has 1 aliphatic heterocycles. The van der Waals surface area contributed by atoms with Crippen LogP contribution in [0.1, 0.15) is 42.4 Å². The highest BCUT2D eigenvalue weighted by atomic mass is 16.7. The van der Waals surface area contributed by atoms with Crippen molar-refractivity contribution in [3.05, 3.63) is 87.8 Å². The minimum Gasteiger partial charge on any atom is -0.381 e. The number of carbonyl (C=O) groups is 1. The highest BCUT2D eigenvalue weighted by Gasteiger charge is 2.20. The predicted octanol–water partition coefficient (Wildman–Crippen LogP) is 3.76. The number of aryl methyl sites for hydroxylation is 1. The summed E-state index contributed by atoms with van der Waals surface area (Å²) in [6.07, 6.45) is 3.75. The van der Waals surface area contributed by atoms with Gasteiger partial charge in [-0.05, 0) is 61.9 Å². The van der Waals surface area contributed by atoms with Gasteiger partial charge in [0.05, 0.1) is 5.39 Å². The Labute approximate surface area is 238 Å². The van der Waals surface area contributed by atoms with Gasteiger partial charge in [0, 0.05) is 42.9 Å². The molecule has 0 fully saturated rings. The fraction of sp³-hybridized carbons (Fsp3) is 0.258. The van der Waals surface area contributed by atoms with E-state index in [4.69, 9.17) is 20.9 Å². The lowest BCUT2D eigenvalue weighted by atomic mass is 10.0. The number of pyridine rings is 1. The number of nitrogen functional groups attached to an aromatic ring is 1. The van der Waals surface area contributed by atoms with Gasteiger partial charge in [0.1, 0.15) is 11.4 Å². The van der Waals surface area contributed by atoms with E-state index in [0.717, 1.165) is 23.2 Å². The number of carbonyl (C=O) groups excluding carboxylic acids is 1. The van der Waals surface area contributed by atoms with E-state index in [1.54, 1.807) is 10.8 Å². The summed E-state index contributed by atoms with van der Waals surface area (Å²) in [5.74, 6) is 6.25. The van der Waals surface area contributed by atoms with Crippen molar-refractivity contribution in [3.63, 3.8) is 0 Å². The number of nitrogens with zero attached hydrogens (tertiary/aromatic N) is 3. The summed E-state index contributed by atoms with van der Waals surface area (Å²) in [5, 5.41) is 8.39. The lowest BCUT2D eigenvalue weighted by molar-refractivity contribution is -0.0969. The monoisotopic (exact) mass is 554 g/mol. The minimum atomic E-state index is -0.600. The Morgan fingerprint density at radius 2 is 1.83 bits per heavy atom. The quantitative estimate of drug-likeness (QED) is 0.233. The minimum absolute atomic E-state index is 0.0604. The maximum Gasteiger partial charge on any atom is 0.264 e. The molecule has 0 saturated carbocycles. The number of nitrogens with one attached hydrogen (secondary N) is 1. The van der Waals surface area contributed by atoms with E-state index in [-0.39, 0.29) is 16.9 Å². The Hall–Kier alpha value is -4.85. The first kappa shape index (κ1) is 29.1. The number of primary amides is 1. The van der Waals surface area contributed by atoms with Crippen LogP contribution < -0.4 is 22.3 Å². The molecule has 0 aliphatic carbocycles. The van der Waals surface area contributed by atoms with Crippen LogP contribution in [-0.4, -0.2) is 46.3 Å². The average Bonchev–Trinajstić information content (AvgIpc) is 3.32. The number of aromatic nitrogens is 3. The maximum atomic E-state index is 13.5. The van der Waals surface area contributed by atoms with E-state index in [1.165, 1.54) is 4.68 Å². The van der Waals surface area contributed by atoms with E-state index in [1.807, 2.05) is 68.5 Å². The number of ether oxygens (including phenoxy) is 2. The van der Waals surface area contributed by atoms with Gasteiger partial charge in [0.25, 0.3) is 11.5 Å². The smallest absolute Gasteiger partial charge is 0.264 e. The van der Waals surface area contributed by atoms with Crippen LogP contribution in [0.3, 0.4) is 0 Å². The van der Waals surface area contributed by atoms with Crippen molar-refractivity contribution in [2.45, 2.75) is 33.5 Å². The van der Waals surface area contributed by atoms with Crippen molar-refractivity contribution in [1.29, 1.82) is 0 Å². The van der Waals surface area contributed by atoms with Crippen LogP contribution in [0.5, 0.6) is 0 Å². The molecule has 10 heteroatoms. The summed E-state index contributed by atoms with van der Waals surface area (Å²) in [7, 11) is 0. The van der Waals surface area contributed by atoms with Crippen molar-refractivity contribution in [2.24, 2.45) is 5.73 Å². The normalized spacial score (nSPS) is 11.7. The van der Waals surface area contributed by atoms with Gasteiger partial charge < -0.3 is 26.3 Å². The second-order valence-electron chi connectivity index (χ2n) is 8.93. The fourth-order valence-corrected chi connectivity index (χ4v) is 4.49. The van der Waals surface area contributed by atoms with Gasteiger partial charge in [-0.15, -0.1) is 5.10 Å². The number of amides is 1. The van der Waals surface area contributed by atoms with Crippen LogP contribution in [0.2, 0.25) is 0 Å². The second kappa shape index (κ2) is 13.5. The van der Waals surface area contributed by atoms with Crippen molar-refractivity contribution >= 4 is 34.5 Å². The van der Waals surface area contributed by atoms with E-state index < -0.39 is 12.2 Å². The molecule has 5 rings (SSSR count). The number of hydrogen-bond acceptors (Lipinski definition) is 7. The molecule has 1 aliphatic rings. The van der Waals surface area contributed by atoms with Gasteiger partial charge in [-0.25, -0.2) is 4.68 Å². The van der Waals surface area contributed by atoms with Crippen molar-refractivity contribution < 1.29 is 14.3 Å². The SMILES string of the molecule is CCOC(C#Cc1cccc2cc(CC)n(-c3ccccc3)c(=O)c12)OCC.NC(=O)c1c(N)nn2c1NCC=C2. The molecule has 10 nitrogen and oxygen atoms in total. The zero-order chi connectivity index (χ0) is 29.4. The molecule has 0 saturated heterocycles. The van der Waals surface area contributed by atoms with E-state index >= 15 is 0 Å². The van der Waals surface area contributed by atoms with E-state index in [9.17, 15) is 9.59 Å². The zero-order valence-electron chi connectivity index (χ0n) is 23.4. The van der Waals surface area contributed by atoms with Gasteiger partial charge in [-0.1, -0.05) is 43.2 Å². The molecular weight excluding hydrogens is 520 g/mol. The topological polar surface area (TPSA) is 139 Å². The van der Waals surface area contributed by atoms with E-state index in [0.29, 0.717) is 36.5 Å². The number of para-hydroxylation sites is 1. The standard InChI is InChI=1S/C24H25NO3.C7H9N5O/c1-4-20-17-19-12-10-11-18(15-16-22(27-5-2)28-6-3)23(19)24(26)25(20)21-13-8-7-9-14-21;8-5-4(6(9)13)7-10-2-1-3-12(7)11-5/h7-14,17,22H,4-6H2,1-3H3;1,3,10H,2H2,(H2,8,11)(H2,9,13). The summed E-state index contributed by atoms with van der Waals surface area (Å²) >= 11 is 0. The third-order valence-corrected chi connectivity index (χ3v) is 6.28. The third kappa shape index (κ3) is 6.49. The Morgan fingerprint density at radius 3 is 2.49 bits per heavy atom. The van der Waals surface area contributed by atoms with Crippen LogP contribution in [0.15, 0.2) is 65.5 Å². The van der Waals surface area contributed by atoms with Crippen molar-refractivity contribution in [3.8, 4) is 17.5 Å². The largest absolute Gasteiger partial charge is 0.381 e.